The van der Waals surface area contributed by atoms with Gasteiger partial charge in [0.1, 0.15) is 5.82 Å². The van der Waals surface area contributed by atoms with Crippen molar-refractivity contribution < 1.29 is 14.3 Å². The van der Waals surface area contributed by atoms with Crippen LogP contribution in [0.25, 0.3) is 0 Å². The molecule has 114 valence electrons. The summed E-state index contributed by atoms with van der Waals surface area (Å²) in [5, 5.41) is 12.2. The zero-order chi connectivity index (χ0) is 14.8. The maximum absolute atomic E-state index is 13.7. The Hall–Kier alpha value is -1.42. The Morgan fingerprint density at radius 2 is 1.95 bits per heavy atom. The molecular weight excluding hydrogens is 269 g/mol. The van der Waals surface area contributed by atoms with E-state index < -0.39 is 0 Å². The molecule has 0 aliphatic heterocycles. The quantitative estimate of drug-likeness (QED) is 0.896. The van der Waals surface area contributed by atoms with Crippen LogP contribution >= 0.6 is 0 Å². The number of carbonyl (C=O) groups is 1. The molecule has 2 saturated carbocycles. The molecule has 0 bridgehead atoms. The number of aliphatic hydroxyl groups is 1. The summed E-state index contributed by atoms with van der Waals surface area (Å²) in [6, 6.07) is 6.96. The fraction of sp³-hybridized carbons (Fsp3) is 0.588. The van der Waals surface area contributed by atoms with Gasteiger partial charge in [0.05, 0.1) is 0 Å². The lowest BCUT2D eigenvalue weighted by Crippen LogP contribution is -2.39. The van der Waals surface area contributed by atoms with Crippen LogP contribution in [0.1, 0.15) is 43.6 Å². The molecule has 21 heavy (non-hydrogen) atoms. The van der Waals surface area contributed by atoms with Gasteiger partial charge in [-0.25, -0.2) is 4.39 Å². The van der Waals surface area contributed by atoms with Gasteiger partial charge >= 0.3 is 0 Å². The van der Waals surface area contributed by atoms with Crippen molar-refractivity contribution in [2.45, 2.75) is 44.1 Å². The molecule has 2 fully saturated rings. The number of nitrogens with one attached hydrogen (secondary N) is 1. The van der Waals surface area contributed by atoms with E-state index in [1.54, 1.807) is 12.1 Å². The SMILES string of the molecule is O=C(NC1CCC(CO)CC1)C1CC1c1ccccc1F. The molecule has 1 aromatic carbocycles. The largest absolute Gasteiger partial charge is 0.396 e. The van der Waals surface area contributed by atoms with E-state index in [-0.39, 0.29) is 36.2 Å². The van der Waals surface area contributed by atoms with Crippen molar-refractivity contribution in [2.24, 2.45) is 11.8 Å². The van der Waals surface area contributed by atoms with Crippen molar-refractivity contribution >= 4 is 5.91 Å². The van der Waals surface area contributed by atoms with Gasteiger partial charge in [0, 0.05) is 18.6 Å². The summed E-state index contributed by atoms with van der Waals surface area (Å²) in [6.07, 6.45) is 4.58. The summed E-state index contributed by atoms with van der Waals surface area (Å²) < 4.78 is 13.7. The molecule has 2 atom stereocenters. The predicted octanol–water partition coefficient (Wildman–Crippen LogP) is 2.60. The Labute approximate surface area is 124 Å². The van der Waals surface area contributed by atoms with Crippen LogP contribution in [0.15, 0.2) is 24.3 Å². The number of amides is 1. The van der Waals surface area contributed by atoms with Crippen LogP contribution in [-0.4, -0.2) is 23.7 Å². The minimum Gasteiger partial charge on any atom is -0.396 e. The lowest BCUT2D eigenvalue weighted by atomic mass is 9.86. The molecule has 3 rings (SSSR count). The van der Waals surface area contributed by atoms with Crippen molar-refractivity contribution in [2.75, 3.05) is 6.61 Å². The molecule has 4 heteroatoms. The third-order valence-electron chi connectivity index (χ3n) is 4.88. The highest BCUT2D eigenvalue weighted by Crippen LogP contribution is 2.48. The van der Waals surface area contributed by atoms with Crippen LogP contribution in [0.3, 0.4) is 0 Å². The standard InChI is InChI=1S/C17H22FNO2/c18-16-4-2-1-3-13(16)14-9-15(14)17(21)19-12-7-5-11(10-20)6-8-12/h1-4,11-12,14-15,20H,5-10H2,(H,19,21). The normalized spacial score (nSPS) is 31.7. The average Bonchev–Trinajstić information content (AvgIpc) is 3.29. The van der Waals surface area contributed by atoms with Crippen LogP contribution < -0.4 is 5.32 Å². The minimum atomic E-state index is -0.207. The third kappa shape index (κ3) is 3.26. The van der Waals surface area contributed by atoms with Crippen LogP contribution in [0.5, 0.6) is 0 Å². The topological polar surface area (TPSA) is 49.3 Å². The van der Waals surface area contributed by atoms with Crippen LogP contribution in [0, 0.1) is 17.7 Å². The van der Waals surface area contributed by atoms with Crippen LogP contribution in [0.2, 0.25) is 0 Å². The molecule has 0 heterocycles. The molecule has 0 spiro atoms. The molecule has 2 N–H and O–H groups in total. The highest BCUT2D eigenvalue weighted by atomic mass is 19.1. The number of rotatable bonds is 4. The van der Waals surface area contributed by atoms with Gasteiger partial charge in [-0.15, -0.1) is 0 Å². The molecule has 2 aliphatic rings. The van der Waals surface area contributed by atoms with E-state index in [2.05, 4.69) is 5.32 Å². The van der Waals surface area contributed by atoms with E-state index in [1.165, 1.54) is 6.07 Å². The number of hydrogen-bond donors (Lipinski definition) is 2. The fourth-order valence-corrected chi connectivity index (χ4v) is 3.40. The second-order valence-electron chi connectivity index (χ2n) is 6.38. The monoisotopic (exact) mass is 291 g/mol. The molecule has 1 aromatic rings. The summed E-state index contributed by atoms with van der Waals surface area (Å²) in [7, 11) is 0. The smallest absolute Gasteiger partial charge is 0.223 e. The van der Waals surface area contributed by atoms with Crippen molar-refractivity contribution in [3.8, 4) is 0 Å². The number of aliphatic hydroxyl groups excluding tert-OH is 1. The van der Waals surface area contributed by atoms with E-state index in [0.717, 1.165) is 32.1 Å². The molecule has 1 amide bonds. The van der Waals surface area contributed by atoms with Gasteiger partial charge in [-0.3, -0.25) is 4.79 Å². The van der Waals surface area contributed by atoms with Crippen LogP contribution in [-0.2, 0) is 4.79 Å². The second-order valence-corrected chi connectivity index (χ2v) is 6.38. The lowest BCUT2D eigenvalue weighted by molar-refractivity contribution is -0.123. The van der Waals surface area contributed by atoms with E-state index >= 15 is 0 Å². The molecular formula is C17H22FNO2. The van der Waals surface area contributed by atoms with Gasteiger partial charge in [-0.2, -0.15) is 0 Å². The Kier molecular flexibility index (Phi) is 4.24. The molecule has 0 aromatic heterocycles. The first-order valence-electron chi connectivity index (χ1n) is 7.84. The molecule has 3 nitrogen and oxygen atoms in total. The zero-order valence-corrected chi connectivity index (χ0v) is 12.1. The second kappa shape index (κ2) is 6.14. The van der Waals surface area contributed by atoms with E-state index in [0.29, 0.717) is 11.5 Å². The zero-order valence-electron chi connectivity index (χ0n) is 12.1. The van der Waals surface area contributed by atoms with Gasteiger partial charge in [0.15, 0.2) is 0 Å². The summed E-state index contributed by atoms with van der Waals surface area (Å²) in [6.45, 7) is 0.249. The first-order chi connectivity index (χ1) is 10.2. The molecule has 2 aliphatic carbocycles. The van der Waals surface area contributed by atoms with Crippen molar-refractivity contribution in [1.29, 1.82) is 0 Å². The summed E-state index contributed by atoms with van der Waals surface area (Å²) in [5.74, 6) is 0.222. The fourth-order valence-electron chi connectivity index (χ4n) is 3.40. The maximum Gasteiger partial charge on any atom is 0.223 e. The minimum absolute atomic E-state index is 0.0416. The van der Waals surface area contributed by atoms with Crippen molar-refractivity contribution in [3.63, 3.8) is 0 Å². The molecule has 2 unspecified atom stereocenters. The Bertz CT molecular complexity index is 511. The maximum atomic E-state index is 13.7. The Balaban J connectivity index is 1.51. The molecule has 0 saturated heterocycles. The number of benzene rings is 1. The molecule has 0 radical (unpaired) electrons. The van der Waals surface area contributed by atoms with Gasteiger partial charge in [0.2, 0.25) is 5.91 Å². The third-order valence-corrected chi connectivity index (χ3v) is 4.88. The summed E-state index contributed by atoms with van der Waals surface area (Å²) in [4.78, 5) is 12.2. The highest BCUT2D eigenvalue weighted by Gasteiger charge is 2.45. The van der Waals surface area contributed by atoms with E-state index in [4.69, 9.17) is 5.11 Å². The van der Waals surface area contributed by atoms with Gasteiger partial charge in [0.25, 0.3) is 0 Å². The number of carbonyl (C=O) groups excluding carboxylic acids is 1. The van der Waals surface area contributed by atoms with Crippen molar-refractivity contribution in [1.82, 2.24) is 5.32 Å². The van der Waals surface area contributed by atoms with Crippen LogP contribution in [0.4, 0.5) is 4.39 Å². The first kappa shape index (κ1) is 14.5. The summed E-state index contributed by atoms with van der Waals surface area (Å²) >= 11 is 0. The predicted molar refractivity (Wildman–Crippen MR) is 78.2 cm³/mol. The van der Waals surface area contributed by atoms with Gasteiger partial charge in [-0.1, -0.05) is 18.2 Å². The average molecular weight is 291 g/mol. The Morgan fingerprint density at radius 3 is 2.62 bits per heavy atom. The van der Waals surface area contributed by atoms with Gasteiger partial charge < -0.3 is 10.4 Å². The number of halogens is 1. The van der Waals surface area contributed by atoms with E-state index in [1.807, 2.05) is 6.07 Å². The summed E-state index contributed by atoms with van der Waals surface area (Å²) in [5.41, 5.74) is 0.668. The Morgan fingerprint density at radius 1 is 1.24 bits per heavy atom. The van der Waals surface area contributed by atoms with Crippen molar-refractivity contribution in [3.05, 3.63) is 35.6 Å². The highest BCUT2D eigenvalue weighted by molar-refractivity contribution is 5.83. The van der Waals surface area contributed by atoms with E-state index in [9.17, 15) is 9.18 Å². The number of hydrogen-bond acceptors (Lipinski definition) is 2. The first-order valence-corrected chi connectivity index (χ1v) is 7.84. The lowest BCUT2D eigenvalue weighted by Gasteiger charge is -2.28. The van der Waals surface area contributed by atoms with Gasteiger partial charge in [-0.05, 0) is 55.6 Å².